The highest BCUT2D eigenvalue weighted by Crippen LogP contribution is 2.30. The molecule has 0 amide bonds. The number of methoxy groups -OCH3 is 1. The van der Waals surface area contributed by atoms with Gasteiger partial charge in [0.1, 0.15) is 73.2 Å². The van der Waals surface area contributed by atoms with E-state index in [-0.39, 0.29) is 6.61 Å². The van der Waals surface area contributed by atoms with Crippen molar-refractivity contribution in [1.82, 2.24) is 0 Å². The first-order valence-corrected chi connectivity index (χ1v) is 11.0. The molecule has 3 aliphatic rings. The Balaban J connectivity index is 1.66. The largest absolute Gasteiger partial charge is 0.394 e. The van der Waals surface area contributed by atoms with Gasteiger partial charge in [0.05, 0.1) is 19.8 Å². The van der Waals surface area contributed by atoms with Crippen molar-refractivity contribution in [2.45, 2.75) is 92.1 Å². The molecular formula is C19H34O16. The van der Waals surface area contributed by atoms with E-state index in [1.54, 1.807) is 0 Å². The Bertz CT molecular complexity index is 654. The van der Waals surface area contributed by atoms with Gasteiger partial charge in [-0.05, 0) is 0 Å². The van der Waals surface area contributed by atoms with Gasteiger partial charge in [0, 0.05) is 7.11 Å². The van der Waals surface area contributed by atoms with Crippen LogP contribution < -0.4 is 0 Å². The lowest BCUT2D eigenvalue weighted by atomic mass is 9.97. The van der Waals surface area contributed by atoms with E-state index in [0.29, 0.717) is 0 Å². The van der Waals surface area contributed by atoms with Crippen LogP contribution in [0.15, 0.2) is 0 Å². The molecule has 3 aliphatic heterocycles. The molecule has 0 spiro atoms. The number of hydrogen-bond acceptors (Lipinski definition) is 16. The molecule has 3 fully saturated rings. The van der Waals surface area contributed by atoms with Crippen LogP contribution in [-0.2, 0) is 28.4 Å². The van der Waals surface area contributed by atoms with E-state index in [2.05, 4.69) is 0 Å². The van der Waals surface area contributed by atoms with Gasteiger partial charge in [0.25, 0.3) is 0 Å². The summed E-state index contributed by atoms with van der Waals surface area (Å²) in [6.07, 6.45) is -24.2. The smallest absolute Gasteiger partial charge is 0.187 e. The third kappa shape index (κ3) is 6.10. The highest BCUT2D eigenvalue weighted by molar-refractivity contribution is 4.94. The van der Waals surface area contributed by atoms with Gasteiger partial charge < -0.3 is 79.5 Å². The lowest BCUT2D eigenvalue weighted by Gasteiger charge is -2.46. The van der Waals surface area contributed by atoms with Crippen molar-refractivity contribution < 1.29 is 79.5 Å². The maximum absolute atomic E-state index is 10.7. The molecular weight excluding hydrogens is 484 g/mol. The van der Waals surface area contributed by atoms with Crippen molar-refractivity contribution in [3.8, 4) is 0 Å². The fourth-order valence-electron chi connectivity index (χ4n) is 4.10. The molecule has 16 nitrogen and oxygen atoms in total. The van der Waals surface area contributed by atoms with E-state index in [9.17, 15) is 51.1 Å². The van der Waals surface area contributed by atoms with Crippen molar-refractivity contribution in [2.24, 2.45) is 0 Å². The molecule has 3 heterocycles. The maximum Gasteiger partial charge on any atom is 0.187 e. The quantitative estimate of drug-likeness (QED) is 0.143. The maximum atomic E-state index is 10.7. The van der Waals surface area contributed by atoms with Gasteiger partial charge >= 0.3 is 0 Å². The standard InChI is InChI=1S/C19H34O16/c1-30-3-6-9(22)12(25)14(27)19(34-6)35-16-10(23)7(32-17(29)15(16)28)4-31-18-13(26)11(24)8(21)5(2-20)33-18/h5-29H,2-4H2,1H3/t5-,6-,7-,8-,9-,10-,11+,12+,13+,14+,15+,16+,17?,18+,19-/m1/s1. The molecule has 10 N–H and O–H groups in total. The minimum Gasteiger partial charge on any atom is -0.394 e. The first-order valence-electron chi connectivity index (χ1n) is 11.0. The van der Waals surface area contributed by atoms with Gasteiger partial charge in [0.2, 0.25) is 0 Å². The zero-order chi connectivity index (χ0) is 26.0. The molecule has 35 heavy (non-hydrogen) atoms. The van der Waals surface area contributed by atoms with Crippen LogP contribution in [0.4, 0.5) is 0 Å². The lowest BCUT2D eigenvalue weighted by molar-refractivity contribution is -0.362. The van der Waals surface area contributed by atoms with Crippen LogP contribution in [0.2, 0.25) is 0 Å². The molecule has 3 saturated heterocycles. The van der Waals surface area contributed by atoms with Crippen molar-refractivity contribution in [1.29, 1.82) is 0 Å². The lowest BCUT2D eigenvalue weighted by Crippen LogP contribution is -2.65. The summed E-state index contributed by atoms with van der Waals surface area (Å²) in [5.74, 6) is 0. The Kier molecular flexibility index (Phi) is 10.1. The molecule has 0 radical (unpaired) electrons. The SMILES string of the molecule is COC[C@H]1O[C@H](O[C@H]2[C@H](O)[C@@H](CO[C@H]3O[C@H](CO)[C@@H](O)[C@H](O)[C@@H]3O)OC(O)[C@H]2O)[C@@H](O)[C@@H](O)[C@@H]1O. The van der Waals surface area contributed by atoms with Gasteiger partial charge in [-0.1, -0.05) is 0 Å². The summed E-state index contributed by atoms with van der Waals surface area (Å²) in [6.45, 7) is -1.46. The third-order valence-corrected chi connectivity index (χ3v) is 6.22. The number of rotatable bonds is 8. The highest BCUT2D eigenvalue weighted by atomic mass is 16.7. The average molecular weight is 518 g/mol. The Morgan fingerprint density at radius 3 is 1.71 bits per heavy atom. The Morgan fingerprint density at radius 1 is 0.571 bits per heavy atom. The predicted octanol–water partition coefficient (Wildman–Crippen LogP) is -6.92. The van der Waals surface area contributed by atoms with Gasteiger partial charge in [-0.2, -0.15) is 0 Å². The zero-order valence-electron chi connectivity index (χ0n) is 18.7. The molecule has 0 saturated carbocycles. The van der Waals surface area contributed by atoms with E-state index in [1.807, 2.05) is 0 Å². The van der Waals surface area contributed by atoms with E-state index in [0.717, 1.165) is 0 Å². The molecule has 206 valence electrons. The summed E-state index contributed by atoms with van der Waals surface area (Å²) >= 11 is 0. The molecule has 3 rings (SSSR count). The molecule has 16 heteroatoms. The molecule has 0 aliphatic carbocycles. The molecule has 1 unspecified atom stereocenters. The van der Waals surface area contributed by atoms with Crippen LogP contribution in [-0.4, -0.2) is 170 Å². The Hall–Kier alpha value is -0.640. The number of hydrogen-bond donors (Lipinski definition) is 10. The molecule has 15 atom stereocenters. The topological polar surface area (TPSA) is 258 Å². The highest BCUT2D eigenvalue weighted by Gasteiger charge is 2.51. The fourth-order valence-corrected chi connectivity index (χ4v) is 4.10. The van der Waals surface area contributed by atoms with Gasteiger partial charge in [-0.3, -0.25) is 0 Å². The van der Waals surface area contributed by atoms with Crippen LogP contribution in [0.5, 0.6) is 0 Å². The van der Waals surface area contributed by atoms with E-state index < -0.39 is 105 Å². The normalized spacial score (nSPS) is 51.3. The molecule has 0 aromatic rings. The van der Waals surface area contributed by atoms with Gasteiger partial charge in [-0.15, -0.1) is 0 Å². The van der Waals surface area contributed by atoms with E-state index >= 15 is 0 Å². The van der Waals surface area contributed by atoms with Crippen LogP contribution in [0.3, 0.4) is 0 Å². The van der Waals surface area contributed by atoms with Crippen molar-refractivity contribution >= 4 is 0 Å². The molecule has 0 aromatic carbocycles. The van der Waals surface area contributed by atoms with Crippen LogP contribution in [0, 0.1) is 0 Å². The van der Waals surface area contributed by atoms with Crippen LogP contribution in [0.25, 0.3) is 0 Å². The van der Waals surface area contributed by atoms with Crippen molar-refractivity contribution in [3.05, 3.63) is 0 Å². The third-order valence-electron chi connectivity index (χ3n) is 6.22. The summed E-state index contributed by atoms with van der Waals surface area (Å²) in [7, 11) is 1.31. The Morgan fingerprint density at radius 2 is 1.11 bits per heavy atom. The van der Waals surface area contributed by atoms with E-state index in [4.69, 9.17) is 28.4 Å². The predicted molar refractivity (Wildman–Crippen MR) is 106 cm³/mol. The minimum absolute atomic E-state index is 0.179. The van der Waals surface area contributed by atoms with Gasteiger partial charge in [-0.25, -0.2) is 0 Å². The van der Waals surface area contributed by atoms with E-state index in [1.165, 1.54) is 7.11 Å². The zero-order valence-corrected chi connectivity index (χ0v) is 18.7. The number of aliphatic hydroxyl groups excluding tert-OH is 10. The second-order valence-corrected chi connectivity index (χ2v) is 8.65. The summed E-state index contributed by atoms with van der Waals surface area (Å²) in [5, 5.41) is 100. The number of aliphatic hydroxyl groups is 10. The average Bonchev–Trinajstić information content (AvgIpc) is 2.84. The summed E-state index contributed by atoms with van der Waals surface area (Å²) in [4.78, 5) is 0. The second kappa shape index (κ2) is 12.3. The van der Waals surface area contributed by atoms with Crippen molar-refractivity contribution in [2.75, 3.05) is 26.9 Å². The minimum atomic E-state index is -1.90. The number of ether oxygens (including phenoxy) is 6. The van der Waals surface area contributed by atoms with Crippen LogP contribution in [0.1, 0.15) is 0 Å². The monoisotopic (exact) mass is 518 g/mol. The van der Waals surface area contributed by atoms with Crippen LogP contribution >= 0.6 is 0 Å². The second-order valence-electron chi connectivity index (χ2n) is 8.65. The van der Waals surface area contributed by atoms with Gasteiger partial charge in [0.15, 0.2) is 18.9 Å². The Labute approximate surface area is 199 Å². The summed E-state index contributed by atoms with van der Waals surface area (Å²) in [5.41, 5.74) is 0. The molecule has 0 aromatic heterocycles. The molecule has 0 bridgehead atoms. The first-order chi connectivity index (χ1) is 16.5. The first kappa shape index (κ1) is 28.9. The summed E-state index contributed by atoms with van der Waals surface area (Å²) < 4.78 is 31.4. The van der Waals surface area contributed by atoms with Crippen molar-refractivity contribution in [3.63, 3.8) is 0 Å². The fraction of sp³-hybridized carbons (Fsp3) is 1.00. The summed E-state index contributed by atoms with van der Waals surface area (Å²) in [6, 6.07) is 0.